The van der Waals surface area contributed by atoms with Gasteiger partial charge in [0.05, 0.1) is 12.6 Å². The summed E-state index contributed by atoms with van der Waals surface area (Å²) in [6.07, 6.45) is 0.336. The Bertz CT molecular complexity index is 784. The van der Waals surface area contributed by atoms with E-state index in [2.05, 4.69) is 11.4 Å². The molecule has 2 aromatic carbocycles. The zero-order chi connectivity index (χ0) is 17.2. The molecule has 2 aromatic rings. The number of nitrogens with zero attached hydrogens (tertiary/aromatic N) is 1. The normalized spacial score (nSPS) is 22.3. The van der Waals surface area contributed by atoms with Crippen LogP contribution in [0, 0.1) is 0 Å². The van der Waals surface area contributed by atoms with Crippen molar-refractivity contribution in [3.8, 4) is 0 Å². The van der Waals surface area contributed by atoms with Crippen LogP contribution in [-0.2, 0) is 16.0 Å². The summed E-state index contributed by atoms with van der Waals surface area (Å²) in [4.78, 5) is 15.3. The van der Waals surface area contributed by atoms with Crippen molar-refractivity contribution < 1.29 is 9.53 Å². The minimum Gasteiger partial charge on any atom is -0.363 e. The minimum absolute atomic E-state index is 0. The monoisotopic (exact) mass is 392 g/mol. The van der Waals surface area contributed by atoms with Crippen LogP contribution in [0.5, 0.6) is 0 Å². The highest BCUT2D eigenvalue weighted by molar-refractivity contribution is 6.31. The van der Waals surface area contributed by atoms with E-state index in [1.165, 1.54) is 5.56 Å². The summed E-state index contributed by atoms with van der Waals surface area (Å²) < 4.78 is 5.89. The molecule has 0 aliphatic carbocycles. The molecule has 2 aliphatic rings. The van der Waals surface area contributed by atoms with Gasteiger partial charge in [-0.1, -0.05) is 54.1 Å². The van der Waals surface area contributed by atoms with E-state index in [0.717, 1.165) is 24.1 Å². The van der Waals surface area contributed by atoms with Crippen LogP contribution >= 0.6 is 24.0 Å². The predicted octanol–water partition coefficient (Wildman–Crippen LogP) is 3.55. The highest BCUT2D eigenvalue weighted by Gasteiger charge is 2.36. The van der Waals surface area contributed by atoms with E-state index in [0.29, 0.717) is 24.7 Å². The molecular formula is C20H22Cl2N2O2. The lowest BCUT2D eigenvalue weighted by molar-refractivity contribution is -0.148. The Kier molecular flexibility index (Phi) is 6.20. The lowest BCUT2D eigenvalue weighted by atomic mass is 9.95. The van der Waals surface area contributed by atoms with Crippen LogP contribution in [0.2, 0.25) is 5.02 Å². The topological polar surface area (TPSA) is 41.6 Å². The summed E-state index contributed by atoms with van der Waals surface area (Å²) in [7, 11) is 0. The molecule has 6 heteroatoms. The molecule has 0 bridgehead atoms. The van der Waals surface area contributed by atoms with Gasteiger partial charge in [-0.25, -0.2) is 0 Å². The molecule has 2 atom stereocenters. The lowest BCUT2D eigenvalue weighted by Gasteiger charge is -2.39. The Morgan fingerprint density at radius 2 is 1.85 bits per heavy atom. The smallest absolute Gasteiger partial charge is 0.256 e. The molecule has 0 radical (unpaired) electrons. The average molecular weight is 393 g/mol. The van der Waals surface area contributed by atoms with Gasteiger partial charge in [-0.3, -0.25) is 4.79 Å². The van der Waals surface area contributed by atoms with Gasteiger partial charge in [0, 0.05) is 24.7 Å². The van der Waals surface area contributed by atoms with Crippen molar-refractivity contribution in [2.24, 2.45) is 0 Å². The molecule has 1 saturated heterocycles. The number of amides is 1. The van der Waals surface area contributed by atoms with Gasteiger partial charge in [0.2, 0.25) is 0 Å². The van der Waals surface area contributed by atoms with E-state index in [1.807, 2.05) is 47.4 Å². The number of hydrogen-bond donors (Lipinski definition) is 1. The first-order chi connectivity index (χ1) is 12.3. The third-order valence-corrected chi connectivity index (χ3v) is 5.35. The SMILES string of the molecule is Cl.O=C(C1OCCc2ccccc21)N1CCNCC1c1ccccc1Cl. The molecule has 4 rings (SSSR count). The van der Waals surface area contributed by atoms with Gasteiger partial charge >= 0.3 is 0 Å². The van der Waals surface area contributed by atoms with E-state index in [1.54, 1.807) is 0 Å². The van der Waals surface area contributed by atoms with Crippen molar-refractivity contribution in [1.82, 2.24) is 10.2 Å². The van der Waals surface area contributed by atoms with Gasteiger partial charge in [-0.05, 0) is 29.2 Å². The van der Waals surface area contributed by atoms with Gasteiger partial charge in [0.1, 0.15) is 0 Å². The van der Waals surface area contributed by atoms with Crippen LogP contribution in [0.15, 0.2) is 48.5 Å². The highest BCUT2D eigenvalue weighted by Crippen LogP contribution is 2.34. The number of fused-ring (bicyclic) bond motifs is 1. The first-order valence-corrected chi connectivity index (χ1v) is 9.08. The quantitative estimate of drug-likeness (QED) is 0.849. The van der Waals surface area contributed by atoms with Crippen molar-refractivity contribution in [3.05, 3.63) is 70.2 Å². The number of rotatable bonds is 2. The largest absolute Gasteiger partial charge is 0.363 e. The van der Waals surface area contributed by atoms with Crippen molar-refractivity contribution in [3.63, 3.8) is 0 Å². The number of carbonyl (C=O) groups is 1. The van der Waals surface area contributed by atoms with Crippen molar-refractivity contribution in [2.75, 3.05) is 26.2 Å². The summed E-state index contributed by atoms with van der Waals surface area (Å²) in [6.45, 7) is 2.71. The Morgan fingerprint density at radius 3 is 2.65 bits per heavy atom. The summed E-state index contributed by atoms with van der Waals surface area (Å²) in [6, 6.07) is 15.7. The number of carbonyl (C=O) groups excluding carboxylic acids is 1. The van der Waals surface area contributed by atoms with Gasteiger partial charge in [0.25, 0.3) is 5.91 Å². The second-order valence-electron chi connectivity index (χ2n) is 6.47. The second-order valence-corrected chi connectivity index (χ2v) is 6.88. The maximum atomic E-state index is 13.3. The maximum absolute atomic E-state index is 13.3. The average Bonchev–Trinajstić information content (AvgIpc) is 2.67. The van der Waals surface area contributed by atoms with E-state index in [4.69, 9.17) is 16.3 Å². The molecular weight excluding hydrogens is 371 g/mol. The molecule has 0 spiro atoms. The lowest BCUT2D eigenvalue weighted by Crippen LogP contribution is -2.50. The van der Waals surface area contributed by atoms with Gasteiger partial charge in [0.15, 0.2) is 6.10 Å². The fourth-order valence-electron chi connectivity index (χ4n) is 3.74. The van der Waals surface area contributed by atoms with Crippen molar-refractivity contribution in [1.29, 1.82) is 0 Å². The molecule has 138 valence electrons. The molecule has 2 aliphatic heterocycles. The summed E-state index contributed by atoms with van der Waals surface area (Å²) >= 11 is 6.40. The number of nitrogens with one attached hydrogen (secondary N) is 1. The van der Waals surface area contributed by atoms with Crippen molar-refractivity contribution >= 4 is 29.9 Å². The second kappa shape index (κ2) is 8.40. The highest BCUT2D eigenvalue weighted by atomic mass is 35.5. The summed E-state index contributed by atoms with van der Waals surface area (Å²) in [5, 5.41) is 4.07. The fourth-order valence-corrected chi connectivity index (χ4v) is 4.00. The first-order valence-electron chi connectivity index (χ1n) is 8.71. The van der Waals surface area contributed by atoms with E-state index >= 15 is 0 Å². The zero-order valence-electron chi connectivity index (χ0n) is 14.4. The Morgan fingerprint density at radius 1 is 1.12 bits per heavy atom. The Balaban J connectivity index is 0.00000196. The maximum Gasteiger partial charge on any atom is 0.256 e. The standard InChI is InChI=1S/C20H21ClN2O2.ClH/c21-17-8-4-3-7-16(17)18-13-22-10-11-23(18)20(24)19-15-6-2-1-5-14(15)9-12-25-19;/h1-8,18-19,22H,9-13H2;1H. The summed E-state index contributed by atoms with van der Waals surface area (Å²) in [5.41, 5.74) is 3.18. The third-order valence-electron chi connectivity index (χ3n) is 5.01. The van der Waals surface area contributed by atoms with Crippen LogP contribution < -0.4 is 5.32 Å². The predicted molar refractivity (Wildman–Crippen MR) is 105 cm³/mol. The molecule has 4 nitrogen and oxygen atoms in total. The Hall–Kier alpha value is -1.59. The number of piperazine rings is 1. The number of benzene rings is 2. The fraction of sp³-hybridized carbons (Fsp3) is 0.350. The number of halogens is 2. The molecule has 0 aromatic heterocycles. The van der Waals surface area contributed by atoms with Gasteiger partial charge in [-0.2, -0.15) is 0 Å². The number of ether oxygens (including phenoxy) is 1. The minimum atomic E-state index is -0.520. The third kappa shape index (κ3) is 3.60. The van der Waals surface area contributed by atoms with Crippen molar-refractivity contribution in [2.45, 2.75) is 18.6 Å². The van der Waals surface area contributed by atoms with Crippen LogP contribution in [0.4, 0.5) is 0 Å². The molecule has 26 heavy (non-hydrogen) atoms. The van der Waals surface area contributed by atoms with Crippen LogP contribution in [0.3, 0.4) is 0 Å². The Labute approximate surface area is 164 Å². The first kappa shape index (κ1) is 19.2. The van der Waals surface area contributed by atoms with E-state index in [-0.39, 0.29) is 24.4 Å². The van der Waals surface area contributed by atoms with Crippen LogP contribution in [-0.4, -0.2) is 37.0 Å². The van der Waals surface area contributed by atoms with E-state index in [9.17, 15) is 4.79 Å². The zero-order valence-corrected chi connectivity index (χ0v) is 15.9. The van der Waals surface area contributed by atoms with Crippen LogP contribution in [0.25, 0.3) is 0 Å². The molecule has 0 saturated carbocycles. The molecule has 1 amide bonds. The van der Waals surface area contributed by atoms with Gasteiger partial charge < -0.3 is 15.0 Å². The van der Waals surface area contributed by atoms with Gasteiger partial charge in [-0.15, -0.1) is 12.4 Å². The number of hydrogen-bond acceptors (Lipinski definition) is 3. The van der Waals surface area contributed by atoms with E-state index < -0.39 is 6.10 Å². The molecule has 2 heterocycles. The summed E-state index contributed by atoms with van der Waals surface area (Å²) in [5.74, 6) is 0.0265. The molecule has 1 fully saturated rings. The molecule has 1 N–H and O–H groups in total. The van der Waals surface area contributed by atoms with Crippen LogP contribution in [0.1, 0.15) is 28.8 Å². The molecule has 2 unspecified atom stereocenters.